The molecule has 0 atom stereocenters. The van der Waals surface area contributed by atoms with Crippen LogP contribution in [0.5, 0.6) is 0 Å². The molecule has 0 aliphatic carbocycles. The maximum Gasteiger partial charge on any atom is 0.251 e. The predicted molar refractivity (Wildman–Crippen MR) is 116 cm³/mol. The highest BCUT2D eigenvalue weighted by Gasteiger charge is 2.26. The highest BCUT2D eigenvalue weighted by atomic mass is 35.5. The van der Waals surface area contributed by atoms with Crippen LogP contribution < -0.4 is 10.6 Å². The van der Waals surface area contributed by atoms with Crippen LogP contribution in [0, 0.1) is 0 Å². The zero-order chi connectivity index (χ0) is 21.6. The second-order valence-electron chi connectivity index (χ2n) is 7.05. The number of amides is 2. The molecule has 1 fully saturated rings. The minimum atomic E-state index is -3.46. The van der Waals surface area contributed by atoms with E-state index in [9.17, 15) is 18.0 Å². The summed E-state index contributed by atoms with van der Waals surface area (Å²) < 4.78 is 26.5. The zero-order valence-corrected chi connectivity index (χ0v) is 18.0. The lowest BCUT2D eigenvalue weighted by Gasteiger charge is -2.15. The van der Waals surface area contributed by atoms with E-state index in [1.807, 2.05) is 0 Å². The summed E-state index contributed by atoms with van der Waals surface area (Å²) in [4.78, 5) is 24.3. The molecular weight excluding hydrogens is 426 g/mol. The van der Waals surface area contributed by atoms with E-state index >= 15 is 0 Å². The van der Waals surface area contributed by atoms with Gasteiger partial charge in [-0.1, -0.05) is 11.6 Å². The molecule has 0 unspecified atom stereocenters. The van der Waals surface area contributed by atoms with Gasteiger partial charge in [-0.3, -0.25) is 9.59 Å². The maximum absolute atomic E-state index is 12.5. The number of nitrogens with one attached hydrogen (secondary N) is 2. The molecular formula is C21H24ClN3O4S. The Morgan fingerprint density at radius 2 is 1.60 bits per heavy atom. The summed E-state index contributed by atoms with van der Waals surface area (Å²) in [6.45, 7) is 1.46. The first-order valence-corrected chi connectivity index (χ1v) is 11.6. The Labute approximate surface area is 181 Å². The molecule has 30 heavy (non-hydrogen) atoms. The van der Waals surface area contributed by atoms with Crippen LogP contribution in [-0.2, 0) is 14.8 Å². The summed E-state index contributed by atoms with van der Waals surface area (Å²) >= 11 is 5.80. The van der Waals surface area contributed by atoms with E-state index in [1.54, 1.807) is 36.4 Å². The van der Waals surface area contributed by atoms with E-state index in [4.69, 9.17) is 11.6 Å². The fourth-order valence-corrected chi connectivity index (χ4v) is 4.81. The number of hydrogen-bond acceptors (Lipinski definition) is 4. The molecule has 1 saturated heterocycles. The summed E-state index contributed by atoms with van der Waals surface area (Å²) in [5, 5.41) is 6.06. The predicted octanol–water partition coefficient (Wildman–Crippen LogP) is 3.27. The third-order valence-corrected chi connectivity index (χ3v) is 6.98. The SMILES string of the molecule is O=C(CCCNC(=O)c1ccc(Cl)cc1)Nc1ccc(S(=O)(=O)N2CCCC2)cc1. The second kappa shape index (κ2) is 10.1. The van der Waals surface area contributed by atoms with E-state index in [2.05, 4.69) is 10.6 Å². The van der Waals surface area contributed by atoms with Gasteiger partial charge in [0.15, 0.2) is 0 Å². The molecule has 1 heterocycles. The molecule has 7 nitrogen and oxygen atoms in total. The summed E-state index contributed by atoms with van der Waals surface area (Å²) in [6.07, 6.45) is 2.47. The molecule has 2 aromatic carbocycles. The Morgan fingerprint density at radius 1 is 0.967 bits per heavy atom. The summed E-state index contributed by atoms with van der Waals surface area (Å²) in [7, 11) is -3.46. The van der Waals surface area contributed by atoms with Crippen molar-refractivity contribution in [3.8, 4) is 0 Å². The van der Waals surface area contributed by atoms with Crippen molar-refractivity contribution in [2.45, 2.75) is 30.6 Å². The quantitative estimate of drug-likeness (QED) is 0.604. The van der Waals surface area contributed by atoms with Gasteiger partial charge in [-0.25, -0.2) is 8.42 Å². The first kappa shape index (κ1) is 22.3. The van der Waals surface area contributed by atoms with Crippen LogP contribution in [0.25, 0.3) is 0 Å². The van der Waals surface area contributed by atoms with Gasteiger partial charge in [-0.05, 0) is 67.8 Å². The molecule has 2 aromatic rings. The summed E-state index contributed by atoms with van der Waals surface area (Å²) in [5.74, 6) is -0.423. The van der Waals surface area contributed by atoms with Gasteiger partial charge in [0.05, 0.1) is 4.90 Å². The molecule has 9 heteroatoms. The average molecular weight is 450 g/mol. The zero-order valence-electron chi connectivity index (χ0n) is 16.4. The highest BCUT2D eigenvalue weighted by molar-refractivity contribution is 7.89. The smallest absolute Gasteiger partial charge is 0.251 e. The lowest BCUT2D eigenvalue weighted by molar-refractivity contribution is -0.116. The molecule has 0 saturated carbocycles. The fourth-order valence-electron chi connectivity index (χ4n) is 3.17. The fraction of sp³-hybridized carbons (Fsp3) is 0.333. The monoisotopic (exact) mass is 449 g/mol. The molecule has 160 valence electrons. The van der Waals surface area contributed by atoms with E-state index in [0.717, 1.165) is 12.8 Å². The molecule has 1 aliphatic heterocycles. The molecule has 2 amide bonds. The Kier molecular flexibility index (Phi) is 7.47. The topological polar surface area (TPSA) is 95.6 Å². The van der Waals surface area contributed by atoms with E-state index in [0.29, 0.717) is 42.3 Å². The molecule has 0 spiro atoms. The lowest BCUT2D eigenvalue weighted by atomic mass is 10.2. The number of benzene rings is 2. The van der Waals surface area contributed by atoms with E-state index < -0.39 is 10.0 Å². The van der Waals surface area contributed by atoms with Crippen LogP contribution in [0.4, 0.5) is 5.69 Å². The minimum absolute atomic E-state index is 0.203. The number of hydrogen-bond donors (Lipinski definition) is 2. The molecule has 0 bridgehead atoms. The van der Waals surface area contributed by atoms with Crippen molar-refractivity contribution in [3.05, 3.63) is 59.1 Å². The normalized spacial score (nSPS) is 14.4. The van der Waals surface area contributed by atoms with Gasteiger partial charge < -0.3 is 10.6 Å². The first-order chi connectivity index (χ1) is 14.4. The Bertz CT molecular complexity index is 986. The van der Waals surface area contributed by atoms with Gasteiger partial charge in [0, 0.05) is 42.3 Å². The van der Waals surface area contributed by atoms with Crippen LogP contribution in [0.1, 0.15) is 36.0 Å². The van der Waals surface area contributed by atoms with Crippen molar-refractivity contribution in [3.63, 3.8) is 0 Å². The van der Waals surface area contributed by atoms with Crippen LogP contribution >= 0.6 is 11.6 Å². The van der Waals surface area contributed by atoms with Gasteiger partial charge in [-0.2, -0.15) is 4.31 Å². The number of nitrogens with zero attached hydrogens (tertiary/aromatic N) is 1. The van der Waals surface area contributed by atoms with Gasteiger partial charge in [0.1, 0.15) is 0 Å². The summed E-state index contributed by atoms with van der Waals surface area (Å²) in [5.41, 5.74) is 1.04. The molecule has 1 aliphatic rings. The van der Waals surface area contributed by atoms with Crippen molar-refractivity contribution < 1.29 is 18.0 Å². The number of carbonyl (C=O) groups excluding carboxylic acids is 2. The number of rotatable bonds is 8. The van der Waals surface area contributed by atoms with Crippen molar-refractivity contribution in [2.75, 3.05) is 25.0 Å². The van der Waals surface area contributed by atoms with Crippen molar-refractivity contribution in [1.29, 1.82) is 0 Å². The molecule has 3 rings (SSSR count). The lowest BCUT2D eigenvalue weighted by Crippen LogP contribution is -2.27. The van der Waals surface area contributed by atoms with E-state index in [-0.39, 0.29) is 23.1 Å². The van der Waals surface area contributed by atoms with Crippen LogP contribution in [0.3, 0.4) is 0 Å². The number of carbonyl (C=O) groups is 2. The van der Waals surface area contributed by atoms with Crippen molar-refractivity contribution in [2.24, 2.45) is 0 Å². The van der Waals surface area contributed by atoms with E-state index in [1.165, 1.54) is 16.4 Å². The van der Waals surface area contributed by atoms with Crippen LogP contribution in [0.2, 0.25) is 5.02 Å². The summed E-state index contributed by atoms with van der Waals surface area (Å²) in [6, 6.07) is 12.8. The second-order valence-corrected chi connectivity index (χ2v) is 9.42. The number of anilines is 1. The Morgan fingerprint density at radius 3 is 2.23 bits per heavy atom. The standard InChI is InChI=1S/C21H24ClN3O4S/c22-17-7-5-16(6-8-17)21(27)23-13-3-4-20(26)24-18-9-11-19(12-10-18)30(28,29)25-14-1-2-15-25/h5-12H,1-4,13-15H2,(H,23,27)(H,24,26). The Hall–Kier alpha value is -2.42. The molecule has 0 aromatic heterocycles. The maximum atomic E-state index is 12.5. The third kappa shape index (κ3) is 5.81. The first-order valence-electron chi connectivity index (χ1n) is 9.80. The largest absolute Gasteiger partial charge is 0.352 e. The highest BCUT2D eigenvalue weighted by Crippen LogP contribution is 2.22. The third-order valence-electron chi connectivity index (χ3n) is 4.81. The van der Waals surface area contributed by atoms with Gasteiger partial charge in [-0.15, -0.1) is 0 Å². The van der Waals surface area contributed by atoms with Crippen molar-refractivity contribution >= 4 is 39.1 Å². The van der Waals surface area contributed by atoms with Crippen molar-refractivity contribution in [1.82, 2.24) is 9.62 Å². The molecule has 0 radical (unpaired) electrons. The van der Waals surface area contributed by atoms with Gasteiger partial charge in [0.2, 0.25) is 15.9 Å². The minimum Gasteiger partial charge on any atom is -0.352 e. The average Bonchev–Trinajstić information content (AvgIpc) is 3.28. The van der Waals surface area contributed by atoms with Crippen LogP contribution in [0.15, 0.2) is 53.4 Å². The number of halogens is 1. The number of sulfonamides is 1. The molecule has 2 N–H and O–H groups in total. The van der Waals surface area contributed by atoms with Gasteiger partial charge >= 0.3 is 0 Å². The van der Waals surface area contributed by atoms with Crippen LogP contribution in [-0.4, -0.2) is 44.2 Å². The Balaban J connectivity index is 1.42. The van der Waals surface area contributed by atoms with Gasteiger partial charge in [0.25, 0.3) is 5.91 Å².